The molecular formula is C4H5N3OS. The van der Waals surface area contributed by atoms with Gasteiger partial charge in [0.25, 0.3) is 5.24 Å². The summed E-state index contributed by atoms with van der Waals surface area (Å²) in [5, 5.41) is -0.409. The Labute approximate surface area is 57.3 Å². The van der Waals surface area contributed by atoms with Gasteiger partial charge in [-0.15, -0.1) is 0 Å². The molecule has 1 amide bonds. The number of carbonyl (C=O) groups excluding carboxylic acids is 1. The molecule has 0 aromatic carbocycles. The fraction of sp³-hybridized carbons (Fsp3) is 0. The molecule has 5 heteroatoms. The van der Waals surface area contributed by atoms with Crippen LogP contribution < -0.4 is 5.43 Å². The first-order chi connectivity index (χ1) is 4.29. The van der Waals surface area contributed by atoms with Crippen LogP contribution >= 0.6 is 12.6 Å². The van der Waals surface area contributed by atoms with Crippen molar-refractivity contribution in [3.8, 4) is 0 Å². The predicted octanol–water partition coefficient (Wildman–Crippen LogP) is 0.476. The number of aromatic nitrogens is 2. The number of amides is 1. The van der Waals surface area contributed by atoms with Gasteiger partial charge in [-0.1, -0.05) is 12.6 Å². The molecule has 0 aliphatic heterocycles. The molecule has 0 aliphatic rings. The summed E-state index contributed by atoms with van der Waals surface area (Å²) in [7, 11) is 0. The van der Waals surface area contributed by atoms with Crippen molar-refractivity contribution in [3.05, 3.63) is 18.7 Å². The van der Waals surface area contributed by atoms with E-state index in [0.29, 0.717) is 0 Å². The Hall–Kier alpha value is -0.970. The van der Waals surface area contributed by atoms with Gasteiger partial charge < -0.3 is 0 Å². The van der Waals surface area contributed by atoms with E-state index >= 15 is 0 Å². The topological polar surface area (TPSA) is 46.9 Å². The van der Waals surface area contributed by atoms with Crippen LogP contribution in [0.25, 0.3) is 0 Å². The highest BCUT2D eigenvalue weighted by molar-refractivity contribution is 7.96. The van der Waals surface area contributed by atoms with Crippen molar-refractivity contribution in [2.24, 2.45) is 0 Å². The minimum absolute atomic E-state index is 0.409. The smallest absolute Gasteiger partial charge is 0.260 e. The summed E-state index contributed by atoms with van der Waals surface area (Å²) in [6.45, 7) is 0. The molecule has 0 fully saturated rings. The number of thiol groups is 1. The number of nitrogens with one attached hydrogen (secondary N) is 1. The minimum atomic E-state index is -0.409. The average Bonchev–Trinajstić information content (AvgIpc) is 2.15. The Balaban J connectivity index is 2.58. The van der Waals surface area contributed by atoms with E-state index in [9.17, 15) is 4.79 Å². The van der Waals surface area contributed by atoms with Crippen LogP contribution in [0.3, 0.4) is 0 Å². The third kappa shape index (κ3) is 1.77. The Morgan fingerprint density at radius 1 is 1.78 bits per heavy atom. The molecule has 1 aromatic heterocycles. The minimum Gasteiger partial charge on any atom is -0.260 e. The van der Waals surface area contributed by atoms with Crippen LogP contribution in [0, 0.1) is 0 Å². The second-order valence-corrected chi connectivity index (χ2v) is 1.79. The maximum absolute atomic E-state index is 10.2. The van der Waals surface area contributed by atoms with Gasteiger partial charge in [-0.3, -0.25) is 10.2 Å². The molecular weight excluding hydrogens is 138 g/mol. The first-order valence-corrected chi connectivity index (χ1v) is 2.71. The summed E-state index contributed by atoms with van der Waals surface area (Å²) in [5.74, 6) is 0. The third-order valence-corrected chi connectivity index (χ3v) is 0.829. The molecule has 0 saturated heterocycles. The Morgan fingerprint density at radius 3 is 3.00 bits per heavy atom. The standard InChI is InChI=1S/C4H5N3OS/c8-4(9)6-7-2-1-5-3-7/h1-3H,(H2,6,8,9). The number of hydrogen-bond donors (Lipinski definition) is 2. The molecule has 0 atom stereocenters. The first-order valence-electron chi connectivity index (χ1n) is 2.27. The number of carbonyl (C=O) groups is 1. The average molecular weight is 143 g/mol. The highest BCUT2D eigenvalue weighted by Crippen LogP contribution is 1.82. The third-order valence-electron chi connectivity index (χ3n) is 0.729. The zero-order valence-electron chi connectivity index (χ0n) is 4.48. The van der Waals surface area contributed by atoms with Gasteiger partial charge in [0.05, 0.1) is 0 Å². The van der Waals surface area contributed by atoms with Crippen molar-refractivity contribution in [2.45, 2.75) is 0 Å². The summed E-state index contributed by atoms with van der Waals surface area (Å²) < 4.78 is 1.41. The lowest BCUT2D eigenvalue weighted by Gasteiger charge is -1.97. The summed E-state index contributed by atoms with van der Waals surface area (Å²) in [4.78, 5) is 13.9. The largest absolute Gasteiger partial charge is 0.294 e. The van der Waals surface area contributed by atoms with Crippen LogP contribution in [0.5, 0.6) is 0 Å². The van der Waals surface area contributed by atoms with Crippen LogP contribution in [0.15, 0.2) is 18.7 Å². The second kappa shape index (κ2) is 2.54. The number of nitrogens with zero attached hydrogens (tertiary/aromatic N) is 2. The van der Waals surface area contributed by atoms with Gasteiger partial charge in [-0.25, -0.2) is 9.66 Å². The molecule has 1 rings (SSSR count). The van der Waals surface area contributed by atoms with E-state index in [-0.39, 0.29) is 0 Å². The normalized spacial score (nSPS) is 9.00. The van der Waals surface area contributed by atoms with E-state index in [2.05, 4.69) is 23.0 Å². The van der Waals surface area contributed by atoms with Crippen LogP contribution in [-0.4, -0.2) is 14.9 Å². The highest BCUT2D eigenvalue weighted by Gasteiger charge is 1.89. The SMILES string of the molecule is O=C(S)Nn1ccnc1. The van der Waals surface area contributed by atoms with E-state index in [4.69, 9.17) is 0 Å². The number of hydrogen-bond acceptors (Lipinski definition) is 2. The van der Waals surface area contributed by atoms with E-state index in [1.54, 1.807) is 12.4 Å². The quantitative estimate of drug-likeness (QED) is 0.561. The molecule has 48 valence electrons. The van der Waals surface area contributed by atoms with Gasteiger partial charge in [-0.05, 0) is 0 Å². The van der Waals surface area contributed by atoms with Crippen molar-refractivity contribution < 1.29 is 4.79 Å². The summed E-state index contributed by atoms with van der Waals surface area (Å²) in [5.41, 5.74) is 2.36. The molecule has 1 aromatic rings. The lowest BCUT2D eigenvalue weighted by molar-refractivity contribution is 0.268. The van der Waals surface area contributed by atoms with Gasteiger partial charge in [0, 0.05) is 12.4 Å². The van der Waals surface area contributed by atoms with E-state index in [1.807, 2.05) is 0 Å². The molecule has 1 heterocycles. The summed E-state index contributed by atoms with van der Waals surface area (Å²) in [6, 6.07) is 0. The van der Waals surface area contributed by atoms with E-state index in [0.717, 1.165) is 0 Å². The van der Waals surface area contributed by atoms with Gasteiger partial charge in [0.1, 0.15) is 6.33 Å². The second-order valence-electron chi connectivity index (χ2n) is 1.39. The van der Waals surface area contributed by atoms with Gasteiger partial charge >= 0.3 is 0 Å². The zero-order chi connectivity index (χ0) is 6.69. The highest BCUT2D eigenvalue weighted by atomic mass is 32.1. The molecule has 0 saturated carbocycles. The molecule has 0 unspecified atom stereocenters. The fourth-order valence-electron chi connectivity index (χ4n) is 0.436. The molecule has 0 spiro atoms. The van der Waals surface area contributed by atoms with Crippen molar-refractivity contribution in [3.63, 3.8) is 0 Å². The maximum atomic E-state index is 10.2. The van der Waals surface area contributed by atoms with Crippen molar-refractivity contribution in [2.75, 3.05) is 5.43 Å². The molecule has 0 radical (unpaired) electrons. The lowest BCUT2D eigenvalue weighted by atomic mass is 11.0. The van der Waals surface area contributed by atoms with Crippen molar-refractivity contribution >= 4 is 17.9 Å². The van der Waals surface area contributed by atoms with Crippen molar-refractivity contribution in [1.82, 2.24) is 9.66 Å². The first kappa shape index (κ1) is 6.15. The van der Waals surface area contributed by atoms with E-state index < -0.39 is 5.24 Å². The Morgan fingerprint density at radius 2 is 2.56 bits per heavy atom. The summed E-state index contributed by atoms with van der Waals surface area (Å²) in [6.07, 6.45) is 4.63. The van der Waals surface area contributed by atoms with Gasteiger partial charge in [0.2, 0.25) is 0 Å². The zero-order valence-corrected chi connectivity index (χ0v) is 5.38. The lowest BCUT2D eigenvalue weighted by Crippen LogP contribution is -2.14. The fourth-order valence-corrected chi connectivity index (χ4v) is 0.551. The molecule has 0 bridgehead atoms. The molecule has 9 heavy (non-hydrogen) atoms. The maximum Gasteiger partial charge on any atom is 0.294 e. The predicted molar refractivity (Wildman–Crippen MR) is 36.0 cm³/mol. The molecule has 4 nitrogen and oxygen atoms in total. The van der Waals surface area contributed by atoms with Crippen molar-refractivity contribution in [1.29, 1.82) is 0 Å². The number of imidazole rings is 1. The van der Waals surface area contributed by atoms with Gasteiger partial charge in [0.15, 0.2) is 0 Å². The monoisotopic (exact) mass is 143 g/mol. The Kier molecular flexibility index (Phi) is 1.74. The molecule has 0 aliphatic carbocycles. The number of rotatable bonds is 1. The Bertz CT molecular complexity index is 196. The van der Waals surface area contributed by atoms with Crippen LogP contribution in [0.4, 0.5) is 4.79 Å². The van der Waals surface area contributed by atoms with Crippen LogP contribution in [0.2, 0.25) is 0 Å². The molecule has 1 N–H and O–H groups in total. The summed E-state index contributed by atoms with van der Waals surface area (Å²) >= 11 is 3.49. The van der Waals surface area contributed by atoms with Crippen LogP contribution in [0.1, 0.15) is 0 Å². The van der Waals surface area contributed by atoms with Crippen LogP contribution in [-0.2, 0) is 0 Å². The van der Waals surface area contributed by atoms with Gasteiger partial charge in [-0.2, -0.15) is 0 Å². The van der Waals surface area contributed by atoms with E-state index in [1.165, 1.54) is 11.0 Å².